The van der Waals surface area contributed by atoms with Crippen LogP contribution in [0, 0.1) is 0 Å². The van der Waals surface area contributed by atoms with Crippen LogP contribution in [-0.4, -0.2) is 22.5 Å². The molecular formula is C13H23N3. The van der Waals surface area contributed by atoms with Crippen LogP contribution < -0.4 is 5.73 Å². The number of rotatable bonds is 5. The normalized spacial score (nSPS) is 12.1. The van der Waals surface area contributed by atoms with E-state index in [-0.39, 0.29) is 5.54 Å². The van der Waals surface area contributed by atoms with Gasteiger partial charge in [-0.05, 0) is 38.9 Å². The highest BCUT2D eigenvalue weighted by Gasteiger charge is 2.21. The lowest BCUT2D eigenvalue weighted by Crippen LogP contribution is -2.40. The quantitative estimate of drug-likeness (QED) is 0.828. The number of aromatic nitrogens is 1. The Hall–Kier alpha value is -0.930. The van der Waals surface area contributed by atoms with E-state index in [1.54, 1.807) is 6.20 Å². The van der Waals surface area contributed by atoms with Gasteiger partial charge < -0.3 is 5.73 Å². The fraction of sp³-hybridized carbons (Fsp3) is 0.615. The van der Waals surface area contributed by atoms with Gasteiger partial charge in [0.05, 0.1) is 5.69 Å². The first-order chi connectivity index (χ1) is 7.51. The average Bonchev–Trinajstić information content (AvgIpc) is 2.29. The second-order valence-electron chi connectivity index (χ2n) is 4.84. The Labute approximate surface area is 98.7 Å². The molecule has 3 nitrogen and oxygen atoms in total. The SMILES string of the molecule is CCC(C)(C)N(C)Cc1cccnc1CN. The molecular weight excluding hydrogens is 198 g/mol. The maximum Gasteiger partial charge on any atom is 0.0584 e. The molecule has 1 heterocycles. The highest BCUT2D eigenvalue weighted by atomic mass is 15.2. The molecule has 0 saturated heterocycles. The van der Waals surface area contributed by atoms with Crippen LogP contribution in [0.15, 0.2) is 18.3 Å². The highest BCUT2D eigenvalue weighted by molar-refractivity contribution is 5.19. The Bertz CT molecular complexity index is 334. The molecule has 2 N–H and O–H groups in total. The molecule has 0 aromatic carbocycles. The number of nitrogens with two attached hydrogens (primary N) is 1. The third-order valence-electron chi connectivity index (χ3n) is 3.48. The van der Waals surface area contributed by atoms with Crippen molar-refractivity contribution in [1.29, 1.82) is 0 Å². The minimum Gasteiger partial charge on any atom is -0.325 e. The van der Waals surface area contributed by atoms with E-state index in [1.807, 2.05) is 6.07 Å². The highest BCUT2D eigenvalue weighted by Crippen LogP contribution is 2.19. The standard InChI is InChI=1S/C13H23N3/c1-5-13(2,3)16(4)10-11-7-6-8-15-12(11)9-14/h6-8H,5,9-10,14H2,1-4H3. The first-order valence-corrected chi connectivity index (χ1v) is 5.85. The second kappa shape index (κ2) is 5.41. The van der Waals surface area contributed by atoms with E-state index in [4.69, 9.17) is 5.73 Å². The summed E-state index contributed by atoms with van der Waals surface area (Å²) in [5.41, 5.74) is 8.13. The molecule has 0 fully saturated rings. The van der Waals surface area contributed by atoms with Crippen molar-refractivity contribution in [3.05, 3.63) is 29.6 Å². The molecule has 3 heteroatoms. The van der Waals surface area contributed by atoms with E-state index in [9.17, 15) is 0 Å². The Morgan fingerprint density at radius 1 is 1.44 bits per heavy atom. The van der Waals surface area contributed by atoms with Gasteiger partial charge in [-0.2, -0.15) is 0 Å². The topological polar surface area (TPSA) is 42.2 Å². The summed E-state index contributed by atoms with van der Waals surface area (Å²) >= 11 is 0. The van der Waals surface area contributed by atoms with E-state index in [0.717, 1.165) is 18.7 Å². The smallest absolute Gasteiger partial charge is 0.0584 e. The van der Waals surface area contributed by atoms with E-state index >= 15 is 0 Å². The van der Waals surface area contributed by atoms with Gasteiger partial charge in [0.2, 0.25) is 0 Å². The zero-order chi connectivity index (χ0) is 12.2. The van der Waals surface area contributed by atoms with Gasteiger partial charge in [-0.3, -0.25) is 9.88 Å². The molecule has 0 aliphatic rings. The van der Waals surface area contributed by atoms with Gasteiger partial charge in [-0.25, -0.2) is 0 Å². The van der Waals surface area contributed by atoms with Crippen molar-refractivity contribution < 1.29 is 0 Å². The molecule has 0 atom stereocenters. The molecule has 0 spiro atoms. The van der Waals surface area contributed by atoms with Crippen LogP contribution in [0.3, 0.4) is 0 Å². The van der Waals surface area contributed by atoms with Crippen LogP contribution in [0.4, 0.5) is 0 Å². The summed E-state index contributed by atoms with van der Waals surface area (Å²) in [5.74, 6) is 0. The lowest BCUT2D eigenvalue weighted by atomic mass is 9.99. The van der Waals surface area contributed by atoms with Gasteiger partial charge in [-0.15, -0.1) is 0 Å². The van der Waals surface area contributed by atoms with Crippen molar-refractivity contribution >= 4 is 0 Å². The molecule has 1 aromatic rings. The predicted octanol–water partition coefficient (Wildman–Crippen LogP) is 2.16. The minimum absolute atomic E-state index is 0.210. The van der Waals surface area contributed by atoms with Crippen LogP contribution >= 0.6 is 0 Å². The predicted molar refractivity (Wildman–Crippen MR) is 68.0 cm³/mol. The molecule has 1 rings (SSSR count). The van der Waals surface area contributed by atoms with Crippen LogP contribution in [0.25, 0.3) is 0 Å². The maximum absolute atomic E-state index is 5.69. The van der Waals surface area contributed by atoms with Crippen molar-refractivity contribution in [2.24, 2.45) is 5.73 Å². The van der Waals surface area contributed by atoms with Crippen molar-refractivity contribution in [3.8, 4) is 0 Å². The van der Waals surface area contributed by atoms with Crippen molar-refractivity contribution in [3.63, 3.8) is 0 Å². The molecule has 90 valence electrons. The molecule has 0 bridgehead atoms. The van der Waals surface area contributed by atoms with Crippen LogP contribution in [0.2, 0.25) is 0 Å². The number of hydrogen-bond acceptors (Lipinski definition) is 3. The van der Waals surface area contributed by atoms with Gasteiger partial charge in [0, 0.05) is 24.8 Å². The molecule has 16 heavy (non-hydrogen) atoms. The van der Waals surface area contributed by atoms with E-state index in [2.05, 4.69) is 43.8 Å². The summed E-state index contributed by atoms with van der Waals surface area (Å²) in [6.45, 7) is 8.14. The van der Waals surface area contributed by atoms with Crippen molar-refractivity contribution in [2.45, 2.75) is 45.8 Å². The molecule has 0 radical (unpaired) electrons. The van der Waals surface area contributed by atoms with Gasteiger partial charge in [0.15, 0.2) is 0 Å². The van der Waals surface area contributed by atoms with Gasteiger partial charge in [0.1, 0.15) is 0 Å². The number of nitrogens with zero attached hydrogens (tertiary/aromatic N) is 2. The molecule has 0 amide bonds. The molecule has 0 aliphatic carbocycles. The summed E-state index contributed by atoms with van der Waals surface area (Å²) in [6, 6.07) is 4.08. The zero-order valence-corrected chi connectivity index (χ0v) is 10.8. The third kappa shape index (κ3) is 3.03. The number of pyridine rings is 1. The van der Waals surface area contributed by atoms with Crippen molar-refractivity contribution in [1.82, 2.24) is 9.88 Å². The summed E-state index contributed by atoms with van der Waals surface area (Å²) in [7, 11) is 2.15. The minimum atomic E-state index is 0.210. The van der Waals surface area contributed by atoms with Gasteiger partial charge in [0.25, 0.3) is 0 Å². The monoisotopic (exact) mass is 221 g/mol. The lowest BCUT2D eigenvalue weighted by Gasteiger charge is -2.35. The van der Waals surface area contributed by atoms with E-state index in [0.29, 0.717) is 6.54 Å². The summed E-state index contributed by atoms with van der Waals surface area (Å²) in [6.07, 6.45) is 2.93. The first kappa shape index (κ1) is 13.1. The summed E-state index contributed by atoms with van der Waals surface area (Å²) in [4.78, 5) is 6.66. The molecule has 0 saturated carbocycles. The maximum atomic E-state index is 5.69. The Morgan fingerprint density at radius 2 is 2.12 bits per heavy atom. The fourth-order valence-corrected chi connectivity index (χ4v) is 1.54. The van der Waals surface area contributed by atoms with Crippen LogP contribution in [-0.2, 0) is 13.1 Å². The summed E-state index contributed by atoms with van der Waals surface area (Å²) < 4.78 is 0. The van der Waals surface area contributed by atoms with Crippen LogP contribution in [0.1, 0.15) is 38.4 Å². The van der Waals surface area contributed by atoms with E-state index in [1.165, 1.54) is 5.56 Å². The Morgan fingerprint density at radius 3 is 2.69 bits per heavy atom. The largest absolute Gasteiger partial charge is 0.325 e. The second-order valence-corrected chi connectivity index (χ2v) is 4.84. The third-order valence-corrected chi connectivity index (χ3v) is 3.48. The molecule has 0 unspecified atom stereocenters. The fourth-order valence-electron chi connectivity index (χ4n) is 1.54. The molecule has 1 aromatic heterocycles. The van der Waals surface area contributed by atoms with Gasteiger partial charge in [-0.1, -0.05) is 13.0 Å². The van der Waals surface area contributed by atoms with Gasteiger partial charge >= 0.3 is 0 Å². The zero-order valence-electron chi connectivity index (χ0n) is 10.8. The summed E-state index contributed by atoms with van der Waals surface area (Å²) in [5, 5.41) is 0. The molecule has 0 aliphatic heterocycles. The lowest BCUT2D eigenvalue weighted by molar-refractivity contribution is 0.142. The van der Waals surface area contributed by atoms with Crippen molar-refractivity contribution in [2.75, 3.05) is 7.05 Å². The number of hydrogen-bond donors (Lipinski definition) is 1. The Balaban J connectivity index is 2.80. The average molecular weight is 221 g/mol. The van der Waals surface area contributed by atoms with E-state index < -0.39 is 0 Å². The van der Waals surface area contributed by atoms with Crippen LogP contribution in [0.5, 0.6) is 0 Å². The Kier molecular flexibility index (Phi) is 4.44. The first-order valence-electron chi connectivity index (χ1n) is 5.85.